The highest BCUT2D eigenvalue weighted by Gasteiger charge is 2.20. The topological polar surface area (TPSA) is 45.2 Å². The van der Waals surface area contributed by atoms with Crippen molar-refractivity contribution in [2.24, 2.45) is 0 Å². The predicted molar refractivity (Wildman–Crippen MR) is 95.1 cm³/mol. The highest BCUT2D eigenvalue weighted by atomic mass is 16.5. The van der Waals surface area contributed by atoms with Crippen molar-refractivity contribution >= 4 is 5.69 Å². The Morgan fingerprint density at radius 3 is 2.42 bits per heavy atom. The van der Waals surface area contributed by atoms with Crippen molar-refractivity contribution < 1.29 is 14.6 Å². The molecule has 5 heteroatoms. The van der Waals surface area contributed by atoms with Gasteiger partial charge in [0.2, 0.25) is 0 Å². The van der Waals surface area contributed by atoms with Crippen LogP contribution >= 0.6 is 0 Å². The molecular formula is C19H24N2O3. The van der Waals surface area contributed by atoms with E-state index in [1.807, 2.05) is 24.3 Å². The van der Waals surface area contributed by atoms with Crippen LogP contribution < -0.4 is 14.4 Å². The number of hydrogen-bond donors (Lipinski definition) is 1. The van der Waals surface area contributed by atoms with Gasteiger partial charge in [-0.3, -0.25) is 4.90 Å². The summed E-state index contributed by atoms with van der Waals surface area (Å²) >= 11 is 0. The number of methoxy groups -OCH3 is 2. The summed E-state index contributed by atoms with van der Waals surface area (Å²) in [7, 11) is 3.35. The van der Waals surface area contributed by atoms with Crippen molar-refractivity contribution in [2.45, 2.75) is 6.54 Å². The largest absolute Gasteiger partial charge is 0.508 e. The van der Waals surface area contributed by atoms with E-state index in [-0.39, 0.29) is 0 Å². The minimum Gasteiger partial charge on any atom is -0.508 e. The van der Waals surface area contributed by atoms with Crippen molar-refractivity contribution in [3.8, 4) is 17.2 Å². The van der Waals surface area contributed by atoms with Gasteiger partial charge in [0.1, 0.15) is 17.2 Å². The van der Waals surface area contributed by atoms with E-state index in [4.69, 9.17) is 9.47 Å². The first-order valence-electron chi connectivity index (χ1n) is 8.17. The number of nitrogens with zero attached hydrogens (tertiary/aromatic N) is 2. The zero-order chi connectivity index (χ0) is 16.9. The maximum atomic E-state index is 10.1. The van der Waals surface area contributed by atoms with E-state index in [0.29, 0.717) is 5.75 Å². The molecule has 128 valence electrons. The van der Waals surface area contributed by atoms with Crippen molar-refractivity contribution in [1.29, 1.82) is 0 Å². The average Bonchev–Trinajstić information content (AvgIpc) is 2.64. The van der Waals surface area contributed by atoms with Gasteiger partial charge in [0, 0.05) is 38.3 Å². The van der Waals surface area contributed by atoms with E-state index >= 15 is 0 Å². The van der Waals surface area contributed by atoms with Crippen LogP contribution in [-0.4, -0.2) is 50.4 Å². The van der Waals surface area contributed by atoms with Gasteiger partial charge in [-0.2, -0.15) is 0 Å². The number of phenols is 1. The minimum absolute atomic E-state index is 0.322. The number of ether oxygens (including phenoxy) is 2. The summed E-state index contributed by atoms with van der Waals surface area (Å²) in [5, 5.41) is 10.1. The molecule has 2 aromatic rings. The Balaban J connectivity index is 1.63. The van der Waals surface area contributed by atoms with Crippen LogP contribution in [0.15, 0.2) is 42.5 Å². The summed E-state index contributed by atoms with van der Waals surface area (Å²) in [5.74, 6) is 2.01. The maximum absolute atomic E-state index is 10.1. The molecule has 0 spiro atoms. The molecule has 1 N–H and O–H groups in total. The number of piperazine rings is 1. The van der Waals surface area contributed by atoms with Gasteiger partial charge in [-0.1, -0.05) is 12.1 Å². The number of anilines is 1. The first-order valence-corrected chi connectivity index (χ1v) is 8.17. The van der Waals surface area contributed by atoms with Gasteiger partial charge in [-0.05, 0) is 30.3 Å². The first kappa shape index (κ1) is 16.5. The fourth-order valence-corrected chi connectivity index (χ4v) is 3.09. The summed E-state index contributed by atoms with van der Waals surface area (Å²) in [6, 6.07) is 13.5. The van der Waals surface area contributed by atoms with Gasteiger partial charge in [-0.25, -0.2) is 0 Å². The molecule has 0 amide bonds. The second-order valence-electron chi connectivity index (χ2n) is 5.93. The van der Waals surface area contributed by atoms with E-state index in [9.17, 15) is 5.11 Å². The number of benzene rings is 2. The summed E-state index contributed by atoms with van der Waals surface area (Å²) in [4.78, 5) is 4.70. The number of phenolic OH excluding ortho intramolecular Hbond substituents is 1. The highest BCUT2D eigenvalue weighted by molar-refractivity contribution is 5.58. The number of hydrogen-bond acceptors (Lipinski definition) is 5. The molecule has 1 saturated heterocycles. The molecule has 24 heavy (non-hydrogen) atoms. The SMILES string of the molecule is COc1ccc(O)c(CN2CCN(c3ccccc3OC)CC2)c1. The van der Waals surface area contributed by atoms with E-state index in [2.05, 4.69) is 15.9 Å². The van der Waals surface area contributed by atoms with Crippen LogP contribution in [0.3, 0.4) is 0 Å². The van der Waals surface area contributed by atoms with Gasteiger partial charge in [0.25, 0.3) is 0 Å². The lowest BCUT2D eigenvalue weighted by Gasteiger charge is -2.36. The molecular weight excluding hydrogens is 304 g/mol. The van der Waals surface area contributed by atoms with Crippen LogP contribution in [0.1, 0.15) is 5.56 Å². The third-order valence-electron chi connectivity index (χ3n) is 4.48. The molecule has 0 atom stereocenters. The zero-order valence-corrected chi connectivity index (χ0v) is 14.2. The normalized spacial score (nSPS) is 15.3. The van der Waals surface area contributed by atoms with E-state index in [1.54, 1.807) is 26.4 Å². The average molecular weight is 328 g/mol. The lowest BCUT2D eigenvalue weighted by Crippen LogP contribution is -2.46. The van der Waals surface area contributed by atoms with Crippen LogP contribution in [0.4, 0.5) is 5.69 Å². The fourth-order valence-electron chi connectivity index (χ4n) is 3.09. The lowest BCUT2D eigenvalue weighted by atomic mass is 10.1. The second-order valence-corrected chi connectivity index (χ2v) is 5.93. The fraction of sp³-hybridized carbons (Fsp3) is 0.368. The Bertz CT molecular complexity index is 682. The first-order chi connectivity index (χ1) is 11.7. The Morgan fingerprint density at radius 2 is 1.71 bits per heavy atom. The number of rotatable bonds is 5. The zero-order valence-electron chi connectivity index (χ0n) is 14.2. The third-order valence-corrected chi connectivity index (χ3v) is 4.48. The molecule has 1 heterocycles. The molecule has 2 aromatic carbocycles. The lowest BCUT2D eigenvalue weighted by molar-refractivity contribution is 0.245. The van der Waals surface area contributed by atoms with Crippen LogP contribution in [0, 0.1) is 0 Å². The molecule has 1 fully saturated rings. The second kappa shape index (κ2) is 7.45. The van der Waals surface area contributed by atoms with Gasteiger partial charge in [0.05, 0.1) is 19.9 Å². The van der Waals surface area contributed by atoms with Crippen LogP contribution in [0.5, 0.6) is 17.2 Å². The smallest absolute Gasteiger partial charge is 0.142 e. The van der Waals surface area contributed by atoms with Gasteiger partial charge < -0.3 is 19.5 Å². The number of aromatic hydroxyl groups is 1. The number of para-hydroxylation sites is 2. The quantitative estimate of drug-likeness (QED) is 0.914. The maximum Gasteiger partial charge on any atom is 0.142 e. The molecule has 1 aliphatic rings. The molecule has 0 radical (unpaired) electrons. The Morgan fingerprint density at radius 1 is 0.958 bits per heavy atom. The summed E-state index contributed by atoms with van der Waals surface area (Å²) in [6.45, 7) is 4.47. The molecule has 0 unspecified atom stereocenters. The summed E-state index contributed by atoms with van der Waals surface area (Å²) in [6.07, 6.45) is 0. The molecule has 0 bridgehead atoms. The Hall–Kier alpha value is -2.40. The summed E-state index contributed by atoms with van der Waals surface area (Å²) < 4.78 is 10.7. The highest BCUT2D eigenvalue weighted by Crippen LogP contribution is 2.29. The minimum atomic E-state index is 0.322. The van der Waals surface area contributed by atoms with Crippen LogP contribution in [-0.2, 0) is 6.54 Å². The molecule has 0 saturated carbocycles. The third kappa shape index (κ3) is 3.57. The van der Waals surface area contributed by atoms with Crippen molar-refractivity contribution in [2.75, 3.05) is 45.3 Å². The van der Waals surface area contributed by atoms with Crippen molar-refractivity contribution in [3.63, 3.8) is 0 Å². The standard InChI is InChI=1S/C19H24N2O3/c1-23-16-7-8-18(22)15(13-16)14-20-9-11-21(12-10-20)17-5-3-4-6-19(17)24-2/h3-8,13,22H,9-12,14H2,1-2H3. The summed E-state index contributed by atoms with van der Waals surface area (Å²) in [5.41, 5.74) is 2.05. The van der Waals surface area contributed by atoms with Crippen molar-refractivity contribution in [3.05, 3.63) is 48.0 Å². The monoisotopic (exact) mass is 328 g/mol. The molecule has 0 aliphatic carbocycles. The Kier molecular flexibility index (Phi) is 5.11. The van der Waals surface area contributed by atoms with Crippen molar-refractivity contribution in [1.82, 2.24) is 4.90 Å². The van der Waals surface area contributed by atoms with Gasteiger partial charge in [0.15, 0.2) is 0 Å². The van der Waals surface area contributed by atoms with E-state index in [0.717, 1.165) is 55.5 Å². The van der Waals surface area contributed by atoms with Gasteiger partial charge in [-0.15, -0.1) is 0 Å². The predicted octanol–water partition coefficient (Wildman–Crippen LogP) is 2.73. The van der Waals surface area contributed by atoms with Crippen LogP contribution in [0.2, 0.25) is 0 Å². The molecule has 3 rings (SSSR count). The Labute approximate surface area is 143 Å². The molecule has 0 aromatic heterocycles. The van der Waals surface area contributed by atoms with Gasteiger partial charge >= 0.3 is 0 Å². The molecule has 1 aliphatic heterocycles. The van der Waals surface area contributed by atoms with E-state index in [1.165, 1.54) is 0 Å². The van der Waals surface area contributed by atoms with E-state index < -0.39 is 0 Å². The van der Waals surface area contributed by atoms with Crippen LogP contribution in [0.25, 0.3) is 0 Å². The molecule has 5 nitrogen and oxygen atoms in total.